The number of aliphatic imine (C=N–C) groups is 1. The largest absolute Gasteiger partial charge is 0.465 e. The van der Waals surface area contributed by atoms with Gasteiger partial charge in [-0.05, 0) is 5.41 Å². The molecule has 0 saturated carbocycles. The molecule has 1 aliphatic rings. The van der Waals surface area contributed by atoms with Crippen molar-refractivity contribution in [3.63, 3.8) is 0 Å². The summed E-state index contributed by atoms with van der Waals surface area (Å²) in [6, 6.07) is 0. The Bertz CT molecular complexity index is 571. The number of rotatable bonds is 5. The van der Waals surface area contributed by atoms with Gasteiger partial charge >= 0.3 is 17.9 Å². The van der Waals surface area contributed by atoms with Crippen molar-refractivity contribution in [3.8, 4) is 0 Å². The summed E-state index contributed by atoms with van der Waals surface area (Å²) in [5.74, 6) is -4.92. The number of esters is 3. The Kier molecular flexibility index (Phi) is 5.65. The number of carbonyl (C=O) groups is 3. The lowest BCUT2D eigenvalue weighted by Gasteiger charge is -2.24. The Morgan fingerprint density at radius 1 is 1.17 bits per heavy atom. The van der Waals surface area contributed by atoms with Crippen LogP contribution in [0.5, 0.6) is 0 Å². The lowest BCUT2D eigenvalue weighted by molar-refractivity contribution is -0.171. The van der Waals surface area contributed by atoms with E-state index >= 15 is 0 Å². The summed E-state index contributed by atoms with van der Waals surface area (Å²) in [6.45, 7) is 6.27. The summed E-state index contributed by atoms with van der Waals surface area (Å²) >= 11 is 0. The van der Waals surface area contributed by atoms with Crippen LogP contribution in [0, 0.1) is 5.41 Å². The Morgan fingerprint density at radius 2 is 1.74 bits per heavy atom. The predicted molar refractivity (Wildman–Crippen MR) is 79.7 cm³/mol. The van der Waals surface area contributed by atoms with Gasteiger partial charge in [0.2, 0.25) is 0 Å². The van der Waals surface area contributed by atoms with Crippen molar-refractivity contribution in [3.05, 3.63) is 11.1 Å². The third kappa shape index (κ3) is 3.95. The molecule has 1 atom stereocenters. The van der Waals surface area contributed by atoms with E-state index in [0.717, 1.165) is 14.2 Å². The minimum Gasteiger partial charge on any atom is -0.465 e. The van der Waals surface area contributed by atoms with E-state index in [4.69, 9.17) is 9.47 Å². The topological polar surface area (TPSA) is 100 Å². The van der Waals surface area contributed by atoms with Crippen molar-refractivity contribution in [2.45, 2.75) is 26.6 Å². The van der Waals surface area contributed by atoms with Crippen LogP contribution < -0.4 is 0 Å². The van der Waals surface area contributed by atoms with E-state index in [1.165, 1.54) is 13.3 Å². The maximum Gasteiger partial charge on any atom is 0.349 e. The minimum absolute atomic E-state index is 0.131. The molecular weight excluding hydrogens is 306 g/mol. The zero-order chi connectivity index (χ0) is 17.8. The third-order valence-electron chi connectivity index (χ3n) is 2.96. The number of nitrogens with zero attached hydrogens (tertiary/aromatic N) is 1. The van der Waals surface area contributed by atoms with E-state index in [2.05, 4.69) is 14.5 Å². The van der Waals surface area contributed by atoms with E-state index in [1.54, 1.807) is 0 Å². The summed E-state index contributed by atoms with van der Waals surface area (Å²) in [5, 5.41) is 0. The van der Waals surface area contributed by atoms with Crippen molar-refractivity contribution in [1.29, 1.82) is 0 Å². The summed E-state index contributed by atoms with van der Waals surface area (Å²) in [5.41, 5.74) is -1.09. The highest BCUT2D eigenvalue weighted by Crippen LogP contribution is 2.34. The molecule has 0 aliphatic carbocycles. The van der Waals surface area contributed by atoms with Crippen LogP contribution in [0.25, 0.3) is 0 Å². The second kappa shape index (κ2) is 6.91. The molecule has 0 aromatic carbocycles. The van der Waals surface area contributed by atoms with Crippen molar-refractivity contribution in [1.82, 2.24) is 0 Å². The molecule has 0 saturated heterocycles. The molecule has 0 spiro atoms. The zero-order valence-electron chi connectivity index (χ0n) is 14.1. The van der Waals surface area contributed by atoms with E-state index in [0.29, 0.717) is 6.54 Å². The molecule has 8 nitrogen and oxygen atoms in total. The predicted octanol–water partition coefficient (Wildman–Crippen LogP) is 0.645. The van der Waals surface area contributed by atoms with Gasteiger partial charge in [-0.25, -0.2) is 14.4 Å². The first kappa shape index (κ1) is 18.8. The van der Waals surface area contributed by atoms with E-state index in [9.17, 15) is 14.4 Å². The fourth-order valence-corrected chi connectivity index (χ4v) is 1.88. The van der Waals surface area contributed by atoms with Crippen LogP contribution in [-0.4, -0.2) is 57.8 Å². The lowest BCUT2D eigenvalue weighted by Crippen LogP contribution is -2.40. The van der Waals surface area contributed by atoms with Crippen molar-refractivity contribution in [2.24, 2.45) is 10.4 Å². The highest BCUT2D eigenvalue weighted by atomic mass is 16.7. The molecule has 1 aliphatic heterocycles. The second-order valence-electron chi connectivity index (χ2n) is 6.02. The van der Waals surface area contributed by atoms with Crippen LogP contribution in [0.3, 0.4) is 0 Å². The smallest absolute Gasteiger partial charge is 0.349 e. The number of carbonyl (C=O) groups excluding carboxylic acids is 3. The molecule has 128 valence electrons. The summed E-state index contributed by atoms with van der Waals surface area (Å²) in [7, 11) is 3.41. The Balaban J connectivity index is 3.40. The number of cyclic esters (lactones) is 1. The minimum atomic E-state index is -1.92. The van der Waals surface area contributed by atoms with Crippen molar-refractivity contribution >= 4 is 24.1 Å². The number of hydrogen-bond acceptors (Lipinski definition) is 8. The first-order valence-corrected chi connectivity index (χ1v) is 6.82. The van der Waals surface area contributed by atoms with E-state index in [-0.39, 0.29) is 5.41 Å². The van der Waals surface area contributed by atoms with Crippen LogP contribution >= 0.6 is 0 Å². The Hall–Kier alpha value is -2.22. The van der Waals surface area contributed by atoms with Crippen LogP contribution in [0.1, 0.15) is 20.8 Å². The van der Waals surface area contributed by atoms with Gasteiger partial charge in [0.25, 0.3) is 5.79 Å². The molecule has 0 N–H and O–H groups in total. The third-order valence-corrected chi connectivity index (χ3v) is 2.96. The number of methoxy groups -OCH3 is 3. The molecule has 0 bridgehead atoms. The highest BCUT2D eigenvalue weighted by molar-refractivity contribution is 6.23. The lowest BCUT2D eigenvalue weighted by atomic mass is 9.97. The Morgan fingerprint density at radius 3 is 2.17 bits per heavy atom. The SMILES string of the molecule is COC(=O)C1=C(C(=O)OC)C(C=NCC(C)(C)C)(OC)OC1=O. The Labute approximate surface area is 134 Å². The first-order chi connectivity index (χ1) is 10.6. The fraction of sp³-hybridized carbons (Fsp3) is 0.600. The number of hydrogen-bond donors (Lipinski definition) is 0. The van der Waals surface area contributed by atoms with Crippen molar-refractivity contribution < 1.29 is 33.3 Å². The highest BCUT2D eigenvalue weighted by Gasteiger charge is 2.54. The van der Waals surface area contributed by atoms with Gasteiger partial charge in [0.05, 0.1) is 20.4 Å². The maximum absolute atomic E-state index is 12.1. The van der Waals surface area contributed by atoms with Crippen LogP contribution in [0.4, 0.5) is 0 Å². The monoisotopic (exact) mass is 327 g/mol. The van der Waals surface area contributed by atoms with Gasteiger partial charge < -0.3 is 18.9 Å². The van der Waals surface area contributed by atoms with Crippen LogP contribution in [-0.2, 0) is 33.3 Å². The molecule has 0 fully saturated rings. The fourth-order valence-electron chi connectivity index (χ4n) is 1.88. The first-order valence-electron chi connectivity index (χ1n) is 6.82. The molecule has 1 heterocycles. The molecule has 0 aromatic heterocycles. The number of ether oxygens (including phenoxy) is 4. The van der Waals surface area contributed by atoms with Gasteiger partial charge in [-0.3, -0.25) is 4.99 Å². The average molecular weight is 327 g/mol. The molecule has 23 heavy (non-hydrogen) atoms. The molecule has 1 unspecified atom stereocenters. The normalized spacial score (nSPS) is 21.6. The zero-order valence-corrected chi connectivity index (χ0v) is 14.1. The molecule has 8 heteroatoms. The van der Waals surface area contributed by atoms with Crippen molar-refractivity contribution in [2.75, 3.05) is 27.9 Å². The van der Waals surface area contributed by atoms with E-state index in [1.807, 2.05) is 20.8 Å². The van der Waals surface area contributed by atoms with E-state index < -0.39 is 34.8 Å². The van der Waals surface area contributed by atoms with Gasteiger partial charge in [-0.2, -0.15) is 0 Å². The standard InChI is InChI=1S/C15H21NO7/c1-14(2,3)7-16-8-15(22-6)10(13(19)21-5)9(11(17)20-4)12(18)23-15/h8H,7H2,1-6H3. The molecule has 0 radical (unpaired) electrons. The molecular formula is C15H21NO7. The van der Waals surface area contributed by atoms with Gasteiger partial charge in [-0.1, -0.05) is 20.8 Å². The molecule has 1 rings (SSSR count). The quantitative estimate of drug-likeness (QED) is 0.316. The maximum atomic E-state index is 12.1. The van der Waals surface area contributed by atoms with Crippen LogP contribution in [0.2, 0.25) is 0 Å². The second-order valence-corrected chi connectivity index (χ2v) is 6.02. The summed E-state index contributed by atoms with van der Waals surface area (Å²) in [6.07, 6.45) is 1.18. The van der Waals surface area contributed by atoms with Crippen LogP contribution in [0.15, 0.2) is 16.1 Å². The summed E-state index contributed by atoms with van der Waals surface area (Å²) < 4.78 is 19.4. The van der Waals surface area contributed by atoms with Gasteiger partial charge in [0.1, 0.15) is 5.57 Å². The van der Waals surface area contributed by atoms with Gasteiger partial charge in [0.15, 0.2) is 5.57 Å². The summed E-state index contributed by atoms with van der Waals surface area (Å²) in [4.78, 5) is 40.0. The van der Waals surface area contributed by atoms with Gasteiger partial charge in [-0.15, -0.1) is 0 Å². The average Bonchev–Trinajstić information content (AvgIpc) is 2.77. The molecule has 0 amide bonds. The molecule has 0 aromatic rings. The van der Waals surface area contributed by atoms with Gasteiger partial charge in [0, 0.05) is 13.7 Å².